The molecule has 1 aliphatic rings. The number of hydrogen-bond acceptors (Lipinski definition) is 5. The fourth-order valence-electron chi connectivity index (χ4n) is 3.28. The number of carbonyl (C=O) groups is 1. The largest absolute Gasteiger partial charge is 0.326 e. The van der Waals surface area contributed by atoms with Crippen molar-refractivity contribution in [3.8, 4) is 0 Å². The van der Waals surface area contributed by atoms with Crippen molar-refractivity contribution in [2.75, 3.05) is 38.5 Å². The van der Waals surface area contributed by atoms with Crippen molar-refractivity contribution in [2.45, 2.75) is 32.6 Å². The monoisotopic (exact) mass is 348 g/mol. The SMILES string of the molecule is CNCCC1CCN(CCC(=O)Nc2cccc([N+](=O)[O-])c2C)CC1. The van der Waals surface area contributed by atoms with Crippen molar-refractivity contribution < 1.29 is 9.72 Å². The minimum atomic E-state index is -0.427. The van der Waals surface area contributed by atoms with E-state index in [1.54, 1.807) is 19.1 Å². The van der Waals surface area contributed by atoms with Crippen LogP contribution in [0.25, 0.3) is 0 Å². The van der Waals surface area contributed by atoms with Gasteiger partial charge in [-0.3, -0.25) is 14.9 Å². The molecule has 0 atom stereocenters. The molecule has 0 aliphatic carbocycles. The van der Waals surface area contributed by atoms with Crippen molar-refractivity contribution >= 4 is 17.3 Å². The van der Waals surface area contributed by atoms with Gasteiger partial charge < -0.3 is 15.5 Å². The summed E-state index contributed by atoms with van der Waals surface area (Å²) in [4.78, 5) is 25.0. The Balaban J connectivity index is 1.77. The maximum Gasteiger partial charge on any atom is 0.274 e. The van der Waals surface area contributed by atoms with Crippen LogP contribution in [0.2, 0.25) is 0 Å². The first-order valence-corrected chi connectivity index (χ1v) is 8.92. The fourth-order valence-corrected chi connectivity index (χ4v) is 3.28. The van der Waals surface area contributed by atoms with E-state index in [2.05, 4.69) is 15.5 Å². The van der Waals surface area contributed by atoms with Gasteiger partial charge in [-0.25, -0.2) is 0 Å². The summed E-state index contributed by atoms with van der Waals surface area (Å²) in [6, 6.07) is 4.74. The normalized spacial score (nSPS) is 15.9. The summed E-state index contributed by atoms with van der Waals surface area (Å²) < 4.78 is 0. The molecule has 0 spiro atoms. The Morgan fingerprint density at radius 2 is 2.08 bits per heavy atom. The van der Waals surface area contributed by atoms with E-state index in [-0.39, 0.29) is 11.6 Å². The number of piperidine rings is 1. The molecule has 2 rings (SSSR count). The lowest BCUT2D eigenvalue weighted by Crippen LogP contribution is -2.36. The highest BCUT2D eigenvalue weighted by molar-refractivity contribution is 5.92. The van der Waals surface area contributed by atoms with Crippen LogP contribution in [0.5, 0.6) is 0 Å². The van der Waals surface area contributed by atoms with E-state index in [9.17, 15) is 14.9 Å². The Morgan fingerprint density at radius 1 is 1.36 bits per heavy atom. The van der Waals surface area contributed by atoms with E-state index in [1.165, 1.54) is 25.3 Å². The van der Waals surface area contributed by atoms with Gasteiger partial charge in [-0.15, -0.1) is 0 Å². The first kappa shape index (κ1) is 19.3. The Hall–Kier alpha value is -1.99. The van der Waals surface area contributed by atoms with E-state index in [1.807, 2.05) is 7.05 Å². The number of carbonyl (C=O) groups excluding carboxylic acids is 1. The van der Waals surface area contributed by atoms with Crippen molar-refractivity contribution in [3.05, 3.63) is 33.9 Å². The summed E-state index contributed by atoms with van der Waals surface area (Å²) in [5, 5.41) is 17.0. The van der Waals surface area contributed by atoms with Crippen LogP contribution in [0.4, 0.5) is 11.4 Å². The number of benzene rings is 1. The predicted octanol–water partition coefficient (Wildman–Crippen LogP) is 2.55. The molecule has 7 heteroatoms. The molecule has 1 amide bonds. The number of anilines is 1. The Bertz CT molecular complexity index is 598. The zero-order chi connectivity index (χ0) is 18.2. The molecule has 1 aromatic carbocycles. The summed E-state index contributed by atoms with van der Waals surface area (Å²) in [6.45, 7) is 5.53. The first-order valence-electron chi connectivity index (χ1n) is 8.92. The zero-order valence-corrected chi connectivity index (χ0v) is 15.1. The molecule has 1 saturated heterocycles. The van der Waals surface area contributed by atoms with E-state index in [0.29, 0.717) is 17.7 Å². The maximum absolute atomic E-state index is 12.2. The highest BCUT2D eigenvalue weighted by Gasteiger charge is 2.20. The average molecular weight is 348 g/mol. The molecule has 1 aromatic rings. The average Bonchev–Trinajstić information content (AvgIpc) is 2.60. The number of likely N-dealkylation sites (tertiary alicyclic amines) is 1. The standard InChI is InChI=1S/C18H28N4O3/c1-14-16(4-3-5-17(14)22(24)25)20-18(23)9-13-21-11-7-15(8-12-21)6-10-19-2/h3-5,15,19H,6-13H2,1-2H3,(H,20,23). The lowest BCUT2D eigenvalue weighted by molar-refractivity contribution is -0.385. The minimum Gasteiger partial charge on any atom is -0.326 e. The van der Waals surface area contributed by atoms with Crippen LogP contribution in [0.1, 0.15) is 31.2 Å². The van der Waals surface area contributed by atoms with Gasteiger partial charge in [0.25, 0.3) is 5.69 Å². The molecule has 0 radical (unpaired) electrons. The highest BCUT2D eigenvalue weighted by Crippen LogP contribution is 2.25. The van der Waals surface area contributed by atoms with Gasteiger partial charge in [-0.1, -0.05) is 6.07 Å². The second kappa shape index (κ2) is 9.48. The minimum absolute atomic E-state index is 0.0291. The summed E-state index contributed by atoms with van der Waals surface area (Å²) in [6.07, 6.45) is 4.00. The number of nitro groups is 1. The number of nitro benzene ring substituents is 1. The van der Waals surface area contributed by atoms with Crippen LogP contribution in [-0.2, 0) is 4.79 Å². The van der Waals surface area contributed by atoms with Crippen molar-refractivity contribution in [2.24, 2.45) is 5.92 Å². The van der Waals surface area contributed by atoms with Crippen LogP contribution in [0.3, 0.4) is 0 Å². The second-order valence-corrected chi connectivity index (χ2v) is 6.68. The van der Waals surface area contributed by atoms with Crippen LogP contribution < -0.4 is 10.6 Å². The number of nitrogens with zero attached hydrogens (tertiary/aromatic N) is 2. The van der Waals surface area contributed by atoms with Crippen LogP contribution in [-0.4, -0.2) is 49.0 Å². The van der Waals surface area contributed by atoms with Gasteiger partial charge in [-0.2, -0.15) is 0 Å². The number of rotatable bonds is 8. The zero-order valence-electron chi connectivity index (χ0n) is 15.1. The number of nitrogens with one attached hydrogen (secondary N) is 2. The van der Waals surface area contributed by atoms with Gasteiger partial charge in [0.1, 0.15) is 0 Å². The molecule has 2 N–H and O–H groups in total. The molecule has 0 saturated carbocycles. The Morgan fingerprint density at radius 3 is 2.72 bits per heavy atom. The van der Waals surface area contributed by atoms with E-state index in [0.717, 1.165) is 32.1 Å². The molecule has 25 heavy (non-hydrogen) atoms. The van der Waals surface area contributed by atoms with Crippen LogP contribution in [0.15, 0.2) is 18.2 Å². The molecule has 7 nitrogen and oxygen atoms in total. The quantitative estimate of drug-likeness (QED) is 0.557. The lowest BCUT2D eigenvalue weighted by Gasteiger charge is -2.31. The van der Waals surface area contributed by atoms with E-state index >= 15 is 0 Å². The number of hydrogen-bond donors (Lipinski definition) is 2. The second-order valence-electron chi connectivity index (χ2n) is 6.68. The van der Waals surface area contributed by atoms with Gasteiger partial charge in [-0.05, 0) is 64.9 Å². The number of amides is 1. The lowest BCUT2D eigenvalue weighted by atomic mass is 9.93. The topological polar surface area (TPSA) is 87.5 Å². The van der Waals surface area contributed by atoms with E-state index in [4.69, 9.17) is 0 Å². The first-order chi connectivity index (χ1) is 12.0. The van der Waals surface area contributed by atoms with Gasteiger partial charge in [0.15, 0.2) is 0 Å². The van der Waals surface area contributed by atoms with Crippen molar-refractivity contribution in [3.63, 3.8) is 0 Å². The summed E-state index contributed by atoms with van der Waals surface area (Å²) in [7, 11) is 1.98. The molecule has 1 aliphatic heterocycles. The van der Waals surface area contributed by atoms with Gasteiger partial charge in [0, 0.05) is 19.0 Å². The Kier molecular flexibility index (Phi) is 7.33. The van der Waals surface area contributed by atoms with Gasteiger partial charge >= 0.3 is 0 Å². The van der Waals surface area contributed by atoms with Crippen LogP contribution >= 0.6 is 0 Å². The van der Waals surface area contributed by atoms with Crippen LogP contribution in [0, 0.1) is 23.0 Å². The molecule has 0 aromatic heterocycles. The van der Waals surface area contributed by atoms with Crippen molar-refractivity contribution in [1.29, 1.82) is 0 Å². The van der Waals surface area contributed by atoms with Gasteiger partial charge in [0.05, 0.1) is 16.2 Å². The molecule has 138 valence electrons. The maximum atomic E-state index is 12.2. The Labute approximate surface area is 148 Å². The third kappa shape index (κ3) is 5.79. The molecule has 1 heterocycles. The molecule has 0 bridgehead atoms. The molecular weight excluding hydrogens is 320 g/mol. The fraction of sp³-hybridized carbons (Fsp3) is 0.611. The third-order valence-electron chi connectivity index (χ3n) is 4.94. The summed E-state index contributed by atoms with van der Waals surface area (Å²) in [5.41, 5.74) is 1.04. The van der Waals surface area contributed by atoms with E-state index < -0.39 is 4.92 Å². The third-order valence-corrected chi connectivity index (χ3v) is 4.94. The summed E-state index contributed by atoms with van der Waals surface area (Å²) >= 11 is 0. The molecule has 1 fully saturated rings. The highest BCUT2D eigenvalue weighted by atomic mass is 16.6. The smallest absolute Gasteiger partial charge is 0.274 e. The van der Waals surface area contributed by atoms with Gasteiger partial charge in [0.2, 0.25) is 5.91 Å². The molecular formula is C18H28N4O3. The predicted molar refractivity (Wildman–Crippen MR) is 98.8 cm³/mol. The summed E-state index contributed by atoms with van der Waals surface area (Å²) in [5.74, 6) is 0.686. The van der Waals surface area contributed by atoms with Crippen molar-refractivity contribution in [1.82, 2.24) is 10.2 Å². The molecule has 0 unspecified atom stereocenters.